The molecule has 0 saturated carbocycles. The molecule has 1 heterocycles. The molecule has 1 saturated heterocycles. The lowest BCUT2D eigenvalue weighted by molar-refractivity contribution is 0.261. The highest BCUT2D eigenvalue weighted by Gasteiger charge is 2.12. The Balaban J connectivity index is 1.97. The Labute approximate surface area is 122 Å². The van der Waals surface area contributed by atoms with Crippen LogP contribution in [-0.2, 0) is 0 Å². The lowest BCUT2D eigenvalue weighted by Gasteiger charge is -2.24. The molecule has 0 aliphatic carbocycles. The Kier molecular flexibility index (Phi) is 5.68. The second kappa shape index (κ2) is 7.50. The monoisotopic (exact) mass is 277 g/mol. The molecule has 0 aromatic heterocycles. The van der Waals surface area contributed by atoms with Crippen molar-refractivity contribution in [2.75, 3.05) is 58.3 Å². The van der Waals surface area contributed by atoms with Gasteiger partial charge in [0.05, 0.1) is 0 Å². The Morgan fingerprint density at radius 3 is 2.85 bits per heavy atom. The van der Waals surface area contributed by atoms with Crippen molar-refractivity contribution < 1.29 is 4.74 Å². The van der Waals surface area contributed by atoms with E-state index in [1.807, 2.05) is 0 Å². The molecule has 4 nitrogen and oxygen atoms in total. The van der Waals surface area contributed by atoms with Crippen molar-refractivity contribution in [3.05, 3.63) is 23.8 Å². The highest BCUT2D eigenvalue weighted by atomic mass is 16.5. The number of rotatable bonds is 5. The molecule has 1 aliphatic rings. The largest absolute Gasteiger partial charge is 0.492 e. The number of nitrogens with one attached hydrogen (secondary N) is 1. The molecule has 20 heavy (non-hydrogen) atoms. The third kappa shape index (κ3) is 4.39. The van der Waals surface area contributed by atoms with E-state index >= 15 is 0 Å². The number of likely N-dealkylation sites (N-methyl/N-ethyl adjacent to an activating group) is 1. The van der Waals surface area contributed by atoms with Gasteiger partial charge in [-0.2, -0.15) is 0 Å². The van der Waals surface area contributed by atoms with Crippen molar-refractivity contribution in [2.45, 2.75) is 13.3 Å². The maximum atomic E-state index is 5.79. The topological polar surface area (TPSA) is 27.7 Å². The zero-order valence-electron chi connectivity index (χ0n) is 13.0. The molecule has 0 spiro atoms. The number of ether oxygens (including phenoxy) is 1. The van der Waals surface area contributed by atoms with Gasteiger partial charge in [0, 0.05) is 31.9 Å². The standard InChI is InChI=1S/C16H27N3O/c1-14-13-15(20-12-11-18(2)3)5-6-16(14)19-9-4-7-17-8-10-19/h5-6,13,17H,4,7-12H2,1-3H3. The van der Waals surface area contributed by atoms with Gasteiger partial charge >= 0.3 is 0 Å². The molecular formula is C16H27N3O. The average molecular weight is 277 g/mol. The van der Waals surface area contributed by atoms with Gasteiger partial charge in [-0.05, 0) is 57.7 Å². The Morgan fingerprint density at radius 1 is 1.25 bits per heavy atom. The molecule has 0 atom stereocenters. The SMILES string of the molecule is Cc1cc(OCCN(C)C)ccc1N1CCCNCC1. The minimum absolute atomic E-state index is 0.736. The molecule has 1 N–H and O–H groups in total. The van der Waals surface area contributed by atoms with Gasteiger partial charge in [-0.3, -0.25) is 0 Å². The van der Waals surface area contributed by atoms with Crippen LogP contribution in [0.15, 0.2) is 18.2 Å². The van der Waals surface area contributed by atoms with E-state index in [1.165, 1.54) is 17.7 Å². The summed E-state index contributed by atoms with van der Waals surface area (Å²) in [5, 5.41) is 3.45. The van der Waals surface area contributed by atoms with Crippen molar-refractivity contribution in [3.63, 3.8) is 0 Å². The second-order valence-corrected chi connectivity index (χ2v) is 5.69. The van der Waals surface area contributed by atoms with Crippen LogP contribution in [0.1, 0.15) is 12.0 Å². The molecule has 1 fully saturated rings. The van der Waals surface area contributed by atoms with Crippen LogP contribution in [-0.4, -0.2) is 58.3 Å². The van der Waals surface area contributed by atoms with E-state index in [9.17, 15) is 0 Å². The highest BCUT2D eigenvalue weighted by Crippen LogP contribution is 2.25. The first-order chi connectivity index (χ1) is 9.66. The number of benzene rings is 1. The minimum Gasteiger partial charge on any atom is -0.492 e. The third-order valence-electron chi connectivity index (χ3n) is 3.66. The molecule has 0 amide bonds. The van der Waals surface area contributed by atoms with Gasteiger partial charge in [-0.1, -0.05) is 0 Å². The number of anilines is 1. The number of hydrogen-bond donors (Lipinski definition) is 1. The van der Waals surface area contributed by atoms with Crippen molar-refractivity contribution in [2.24, 2.45) is 0 Å². The lowest BCUT2D eigenvalue weighted by atomic mass is 10.1. The summed E-state index contributed by atoms with van der Waals surface area (Å²) in [4.78, 5) is 4.60. The van der Waals surface area contributed by atoms with Crippen molar-refractivity contribution in [1.29, 1.82) is 0 Å². The van der Waals surface area contributed by atoms with Gasteiger partial charge in [0.25, 0.3) is 0 Å². The van der Waals surface area contributed by atoms with E-state index in [2.05, 4.69) is 54.3 Å². The molecule has 0 radical (unpaired) electrons. The minimum atomic E-state index is 0.736. The smallest absolute Gasteiger partial charge is 0.119 e. The van der Waals surface area contributed by atoms with Gasteiger partial charge in [0.1, 0.15) is 12.4 Å². The van der Waals surface area contributed by atoms with Crippen molar-refractivity contribution in [3.8, 4) is 5.75 Å². The molecule has 1 aliphatic heterocycles. The molecular weight excluding hydrogens is 250 g/mol. The fraction of sp³-hybridized carbons (Fsp3) is 0.625. The van der Waals surface area contributed by atoms with Gasteiger partial charge < -0.3 is 19.9 Å². The average Bonchev–Trinajstić information content (AvgIpc) is 2.67. The first-order valence-electron chi connectivity index (χ1n) is 7.50. The normalized spacial score (nSPS) is 16.3. The maximum Gasteiger partial charge on any atom is 0.119 e. The zero-order valence-corrected chi connectivity index (χ0v) is 13.0. The van der Waals surface area contributed by atoms with E-state index in [0.717, 1.165) is 45.1 Å². The van der Waals surface area contributed by atoms with Crippen LogP contribution in [0.5, 0.6) is 5.75 Å². The van der Waals surface area contributed by atoms with E-state index in [-0.39, 0.29) is 0 Å². The highest BCUT2D eigenvalue weighted by molar-refractivity contribution is 5.56. The predicted octanol–water partition coefficient (Wildman–Crippen LogP) is 1.74. The van der Waals surface area contributed by atoms with Crippen molar-refractivity contribution >= 4 is 5.69 Å². The van der Waals surface area contributed by atoms with Crippen LogP contribution < -0.4 is 15.0 Å². The summed E-state index contributed by atoms with van der Waals surface area (Å²) in [6, 6.07) is 6.45. The molecule has 1 aromatic rings. The zero-order chi connectivity index (χ0) is 14.4. The van der Waals surface area contributed by atoms with Gasteiger partial charge in [-0.15, -0.1) is 0 Å². The van der Waals surface area contributed by atoms with E-state index in [4.69, 9.17) is 4.74 Å². The van der Waals surface area contributed by atoms with Crippen LogP contribution in [0.2, 0.25) is 0 Å². The number of aryl methyl sites for hydroxylation is 1. The van der Waals surface area contributed by atoms with Gasteiger partial charge in [0.15, 0.2) is 0 Å². The Morgan fingerprint density at radius 2 is 2.10 bits per heavy atom. The van der Waals surface area contributed by atoms with Crippen LogP contribution in [0, 0.1) is 6.92 Å². The van der Waals surface area contributed by atoms with Crippen LogP contribution in [0.3, 0.4) is 0 Å². The molecule has 2 rings (SSSR count). The summed E-state index contributed by atoms with van der Waals surface area (Å²) in [5.41, 5.74) is 2.64. The fourth-order valence-corrected chi connectivity index (χ4v) is 2.51. The summed E-state index contributed by atoms with van der Waals surface area (Å²) < 4.78 is 5.79. The lowest BCUT2D eigenvalue weighted by Crippen LogP contribution is -2.28. The molecule has 0 unspecified atom stereocenters. The summed E-state index contributed by atoms with van der Waals surface area (Å²) in [6.07, 6.45) is 1.21. The maximum absolute atomic E-state index is 5.79. The van der Waals surface area contributed by atoms with E-state index < -0.39 is 0 Å². The van der Waals surface area contributed by atoms with Crippen molar-refractivity contribution in [1.82, 2.24) is 10.2 Å². The quantitative estimate of drug-likeness (QED) is 0.887. The Hall–Kier alpha value is -1.26. The molecule has 1 aromatic carbocycles. The first-order valence-corrected chi connectivity index (χ1v) is 7.50. The first kappa shape index (κ1) is 15.1. The fourth-order valence-electron chi connectivity index (χ4n) is 2.51. The Bertz CT molecular complexity index is 412. The molecule has 0 bridgehead atoms. The number of hydrogen-bond acceptors (Lipinski definition) is 4. The molecule has 112 valence electrons. The predicted molar refractivity (Wildman–Crippen MR) is 84.9 cm³/mol. The van der Waals surface area contributed by atoms with Gasteiger partial charge in [-0.25, -0.2) is 0 Å². The summed E-state index contributed by atoms with van der Waals surface area (Å²) in [5.74, 6) is 0.973. The number of nitrogens with zero attached hydrogens (tertiary/aromatic N) is 2. The van der Waals surface area contributed by atoms with E-state index in [0.29, 0.717) is 0 Å². The second-order valence-electron chi connectivity index (χ2n) is 5.69. The van der Waals surface area contributed by atoms with Crippen LogP contribution in [0.25, 0.3) is 0 Å². The molecule has 4 heteroatoms. The van der Waals surface area contributed by atoms with Crippen LogP contribution >= 0.6 is 0 Å². The summed E-state index contributed by atoms with van der Waals surface area (Å²) >= 11 is 0. The van der Waals surface area contributed by atoms with Gasteiger partial charge in [0.2, 0.25) is 0 Å². The third-order valence-corrected chi connectivity index (χ3v) is 3.66. The van der Waals surface area contributed by atoms with E-state index in [1.54, 1.807) is 0 Å². The van der Waals surface area contributed by atoms with Crippen LogP contribution in [0.4, 0.5) is 5.69 Å². The summed E-state index contributed by atoms with van der Waals surface area (Å²) in [6.45, 7) is 8.27. The summed E-state index contributed by atoms with van der Waals surface area (Å²) in [7, 11) is 4.12.